The van der Waals surface area contributed by atoms with E-state index in [0.29, 0.717) is 45.6 Å². The maximum absolute atomic E-state index is 12.5. The molecule has 1 heterocycles. The van der Waals surface area contributed by atoms with Crippen molar-refractivity contribution in [2.24, 2.45) is 0 Å². The van der Waals surface area contributed by atoms with Crippen LogP contribution in [0.25, 0.3) is 10.9 Å². The third kappa shape index (κ3) is 10.4. The Labute approximate surface area is 273 Å². The monoisotopic (exact) mass is 651 g/mol. The molecule has 3 rings (SSSR count). The van der Waals surface area contributed by atoms with Crippen LogP contribution < -0.4 is 14.5 Å². The molecular formula is C34H41N3O10. The lowest BCUT2D eigenvalue weighted by Crippen LogP contribution is -2.36. The molecule has 0 saturated carbocycles. The predicted molar refractivity (Wildman–Crippen MR) is 174 cm³/mol. The summed E-state index contributed by atoms with van der Waals surface area (Å²) in [5, 5.41) is 0.505. The van der Waals surface area contributed by atoms with Crippen LogP contribution in [0.1, 0.15) is 49.3 Å². The number of fused-ring (bicyclic) bond motifs is 1. The zero-order valence-electron chi connectivity index (χ0n) is 27.4. The van der Waals surface area contributed by atoms with Gasteiger partial charge in [-0.2, -0.15) is 0 Å². The van der Waals surface area contributed by atoms with Gasteiger partial charge in [-0.25, -0.2) is 4.98 Å². The Bertz CT molecular complexity index is 1540. The topological polar surface area (TPSA) is 151 Å². The van der Waals surface area contributed by atoms with E-state index in [2.05, 4.69) is 0 Å². The summed E-state index contributed by atoms with van der Waals surface area (Å²) < 4.78 is 26.7. The van der Waals surface area contributed by atoms with Gasteiger partial charge in [-0.3, -0.25) is 24.0 Å². The highest BCUT2D eigenvalue weighted by Crippen LogP contribution is 2.32. The minimum absolute atomic E-state index is 0.0421. The van der Waals surface area contributed by atoms with Gasteiger partial charge in [-0.1, -0.05) is 12.1 Å². The van der Waals surface area contributed by atoms with E-state index < -0.39 is 23.9 Å². The van der Waals surface area contributed by atoms with Gasteiger partial charge >= 0.3 is 23.9 Å². The highest BCUT2D eigenvalue weighted by atomic mass is 16.5. The van der Waals surface area contributed by atoms with Crippen molar-refractivity contribution in [3.63, 3.8) is 0 Å². The van der Waals surface area contributed by atoms with Gasteiger partial charge < -0.3 is 33.5 Å². The van der Waals surface area contributed by atoms with Crippen molar-refractivity contribution in [1.29, 1.82) is 0 Å². The van der Waals surface area contributed by atoms with Gasteiger partial charge in [0.25, 0.3) is 0 Å². The molecule has 2 aromatic carbocycles. The second kappa shape index (κ2) is 18.1. The molecular weight excluding hydrogens is 610 g/mol. The zero-order chi connectivity index (χ0) is 34.3. The Kier molecular flexibility index (Phi) is 13.9. The van der Waals surface area contributed by atoms with Crippen LogP contribution in [0.4, 0.5) is 11.4 Å². The number of ether oxygens (including phenoxy) is 5. The highest BCUT2D eigenvalue weighted by molar-refractivity contribution is 6.03. The van der Waals surface area contributed by atoms with Crippen molar-refractivity contribution < 1.29 is 47.7 Å². The summed E-state index contributed by atoms with van der Waals surface area (Å²) in [6.45, 7) is 8.34. The van der Waals surface area contributed by atoms with Crippen LogP contribution in [-0.4, -0.2) is 87.8 Å². The number of hydrogen-bond acceptors (Lipinski definition) is 13. The smallest absolute Gasteiger partial charge is 0.325 e. The number of carbonyl (C=O) groups excluding carboxylic acids is 5. The summed E-state index contributed by atoms with van der Waals surface area (Å²) in [5.74, 6) is -1.76. The van der Waals surface area contributed by atoms with Crippen molar-refractivity contribution in [1.82, 2.24) is 4.98 Å². The molecule has 0 N–H and O–H groups in total. The molecule has 0 amide bonds. The minimum atomic E-state index is -0.550. The van der Waals surface area contributed by atoms with Crippen molar-refractivity contribution in [2.75, 3.05) is 62.4 Å². The maximum atomic E-state index is 12.5. The van der Waals surface area contributed by atoms with Gasteiger partial charge in [0.1, 0.15) is 38.5 Å². The third-order valence-electron chi connectivity index (χ3n) is 6.73. The van der Waals surface area contributed by atoms with Gasteiger partial charge in [-0.05, 0) is 70.5 Å². The molecule has 0 saturated heterocycles. The molecule has 1 aromatic heterocycles. The molecule has 252 valence electrons. The lowest BCUT2D eigenvalue weighted by atomic mass is 10.1. The molecule has 13 heteroatoms. The summed E-state index contributed by atoms with van der Waals surface area (Å²) >= 11 is 0. The molecule has 0 atom stereocenters. The Balaban J connectivity index is 2.02. The Morgan fingerprint density at radius 2 is 1.17 bits per heavy atom. The number of anilines is 2. The van der Waals surface area contributed by atoms with Crippen molar-refractivity contribution in [3.05, 3.63) is 59.3 Å². The number of aryl methyl sites for hydroxylation is 1. The Morgan fingerprint density at radius 1 is 0.681 bits per heavy atom. The number of rotatable bonds is 18. The second-order valence-electron chi connectivity index (χ2n) is 10.2. The first-order chi connectivity index (χ1) is 22.6. The molecule has 0 spiro atoms. The number of carbonyl (C=O) groups is 5. The fraction of sp³-hybridized carbons (Fsp3) is 0.412. The molecule has 3 aromatic rings. The lowest BCUT2D eigenvalue weighted by Gasteiger charge is -2.25. The van der Waals surface area contributed by atoms with E-state index in [1.54, 1.807) is 64.1 Å². The summed E-state index contributed by atoms with van der Waals surface area (Å²) in [5.41, 5.74) is 2.94. The largest absolute Gasteiger partial charge is 0.485 e. The summed E-state index contributed by atoms with van der Waals surface area (Å²) in [4.78, 5) is 69.6. The number of nitrogens with zero attached hydrogens (tertiary/aromatic N) is 3. The van der Waals surface area contributed by atoms with Crippen molar-refractivity contribution in [3.8, 4) is 5.75 Å². The van der Waals surface area contributed by atoms with Gasteiger partial charge in [0.2, 0.25) is 0 Å². The Morgan fingerprint density at radius 3 is 1.66 bits per heavy atom. The van der Waals surface area contributed by atoms with E-state index >= 15 is 0 Å². The molecule has 13 nitrogen and oxygen atoms in total. The number of aldehydes is 1. The average Bonchev–Trinajstić information content (AvgIpc) is 3.03. The van der Waals surface area contributed by atoms with Gasteiger partial charge in [-0.15, -0.1) is 0 Å². The normalized spacial score (nSPS) is 10.6. The first-order valence-corrected chi connectivity index (χ1v) is 15.4. The maximum Gasteiger partial charge on any atom is 0.325 e. The van der Waals surface area contributed by atoms with Crippen LogP contribution in [0.2, 0.25) is 0 Å². The molecule has 0 fully saturated rings. The minimum Gasteiger partial charge on any atom is -0.485 e. The van der Waals surface area contributed by atoms with Crippen LogP contribution in [-0.2, 0) is 44.7 Å². The van der Waals surface area contributed by atoms with Crippen LogP contribution in [0.3, 0.4) is 0 Å². The molecule has 0 radical (unpaired) electrons. The molecule has 0 bridgehead atoms. The second-order valence-corrected chi connectivity index (χ2v) is 10.2. The fourth-order valence-electron chi connectivity index (χ4n) is 4.76. The van der Waals surface area contributed by atoms with Crippen LogP contribution in [0.5, 0.6) is 5.75 Å². The van der Waals surface area contributed by atoms with E-state index in [9.17, 15) is 24.0 Å². The Hall–Kier alpha value is -5.20. The van der Waals surface area contributed by atoms with Crippen molar-refractivity contribution in [2.45, 2.75) is 41.2 Å². The van der Waals surface area contributed by atoms with Crippen LogP contribution in [0, 0.1) is 6.92 Å². The van der Waals surface area contributed by atoms with Crippen molar-refractivity contribution >= 4 is 52.4 Å². The molecule has 0 aliphatic carbocycles. The average molecular weight is 652 g/mol. The van der Waals surface area contributed by atoms with E-state index in [1.165, 1.54) is 9.80 Å². The van der Waals surface area contributed by atoms with Gasteiger partial charge in [0, 0.05) is 10.9 Å². The van der Waals surface area contributed by atoms with Gasteiger partial charge in [0.05, 0.1) is 49.0 Å². The quantitative estimate of drug-likeness (QED) is 0.112. The fourth-order valence-corrected chi connectivity index (χ4v) is 4.76. The van der Waals surface area contributed by atoms with E-state index in [1.807, 2.05) is 13.0 Å². The summed E-state index contributed by atoms with van der Waals surface area (Å²) in [6, 6.07) is 12.0. The predicted octanol–water partition coefficient (Wildman–Crippen LogP) is 3.80. The molecule has 0 unspecified atom stereocenters. The first kappa shape index (κ1) is 36.3. The van der Waals surface area contributed by atoms with E-state index in [4.69, 9.17) is 28.7 Å². The SMILES string of the molecule is CCOC(=O)CN(CC(=O)OCC)c1ccc(C)cc1OCc1ccc2c(C=O)ccc(N(CC(=O)OCC)CC(=O)OCC)c2n1. The molecule has 47 heavy (non-hydrogen) atoms. The first-order valence-electron chi connectivity index (χ1n) is 15.4. The standard InChI is InChI=1S/C34H41N3O10/c1-6-43-30(39)17-36(18-31(40)44-7-2)27-14-10-23(5)16-29(27)47-22-25-12-13-26-24(21-38)11-15-28(34(26)35-25)37(19-32(41)45-8-3)20-33(42)46-9-4/h10-16,21H,6-9,17-20,22H2,1-5H3. The van der Waals surface area contributed by atoms with Gasteiger partial charge in [0.15, 0.2) is 6.29 Å². The third-order valence-corrected chi connectivity index (χ3v) is 6.73. The lowest BCUT2D eigenvalue weighted by molar-refractivity contribution is -0.144. The number of esters is 4. The summed E-state index contributed by atoms with van der Waals surface area (Å²) in [6.07, 6.45) is 0.700. The molecule has 0 aliphatic heterocycles. The number of hydrogen-bond donors (Lipinski definition) is 0. The van der Waals surface area contributed by atoms with E-state index in [0.717, 1.165) is 5.56 Å². The summed E-state index contributed by atoms with van der Waals surface area (Å²) in [7, 11) is 0. The zero-order valence-corrected chi connectivity index (χ0v) is 27.4. The number of benzene rings is 2. The molecule has 0 aliphatic rings. The van der Waals surface area contributed by atoms with E-state index in [-0.39, 0.29) is 59.2 Å². The number of pyridine rings is 1. The van der Waals surface area contributed by atoms with Crippen LogP contribution in [0.15, 0.2) is 42.5 Å². The van der Waals surface area contributed by atoms with Crippen LogP contribution >= 0.6 is 0 Å². The highest BCUT2D eigenvalue weighted by Gasteiger charge is 2.23. The number of aromatic nitrogens is 1.